The third-order valence-electron chi connectivity index (χ3n) is 4.62. The Balaban J connectivity index is 1.36. The van der Waals surface area contributed by atoms with Crippen molar-refractivity contribution in [3.63, 3.8) is 0 Å². The molecule has 0 radical (unpaired) electrons. The molecule has 1 fully saturated rings. The molecule has 1 unspecified atom stereocenters. The highest BCUT2D eigenvalue weighted by Gasteiger charge is 2.21. The Bertz CT molecular complexity index is 651. The summed E-state index contributed by atoms with van der Waals surface area (Å²) in [5.74, 6) is 2.90. The van der Waals surface area contributed by atoms with E-state index in [2.05, 4.69) is 28.6 Å². The normalized spacial score (nSPS) is 17.5. The Morgan fingerprint density at radius 2 is 1.81 bits per heavy atom. The number of rotatable bonds is 8. The molecule has 1 aromatic heterocycles. The van der Waals surface area contributed by atoms with E-state index in [9.17, 15) is 5.11 Å². The maximum Gasteiger partial charge on any atom is 0.208 e. The largest absolute Gasteiger partial charge is 0.491 e. The lowest BCUT2D eigenvalue weighted by Crippen LogP contribution is -2.48. The molecule has 1 atom stereocenters. The van der Waals surface area contributed by atoms with Crippen molar-refractivity contribution in [2.75, 3.05) is 39.3 Å². The minimum atomic E-state index is -0.484. The molecule has 26 heavy (non-hydrogen) atoms. The van der Waals surface area contributed by atoms with Gasteiger partial charge in [-0.05, 0) is 12.1 Å². The van der Waals surface area contributed by atoms with Crippen LogP contribution < -0.4 is 4.74 Å². The molecule has 6 heteroatoms. The summed E-state index contributed by atoms with van der Waals surface area (Å²) in [5, 5.41) is 10.2. The molecule has 2 heterocycles. The minimum Gasteiger partial charge on any atom is -0.491 e. The fraction of sp³-hybridized carbons (Fsp3) is 0.550. The maximum absolute atomic E-state index is 10.2. The second-order valence-corrected chi connectivity index (χ2v) is 7.17. The number of ether oxygens (including phenoxy) is 1. The van der Waals surface area contributed by atoms with Crippen LogP contribution >= 0.6 is 0 Å². The third-order valence-corrected chi connectivity index (χ3v) is 4.62. The number of aliphatic hydroxyl groups excluding tert-OH is 1. The summed E-state index contributed by atoms with van der Waals surface area (Å²) < 4.78 is 11.4. The summed E-state index contributed by atoms with van der Waals surface area (Å²) >= 11 is 0. The second kappa shape index (κ2) is 9.16. The molecule has 3 rings (SSSR count). The van der Waals surface area contributed by atoms with E-state index in [0.29, 0.717) is 19.1 Å². The topological polar surface area (TPSA) is 62.0 Å². The molecule has 0 spiro atoms. The van der Waals surface area contributed by atoms with Gasteiger partial charge in [0, 0.05) is 38.6 Å². The molecule has 1 N–H and O–H groups in total. The Morgan fingerprint density at radius 3 is 2.46 bits per heavy atom. The summed E-state index contributed by atoms with van der Waals surface area (Å²) in [5.41, 5.74) is 0. The predicted molar refractivity (Wildman–Crippen MR) is 100 cm³/mol. The monoisotopic (exact) mass is 359 g/mol. The fourth-order valence-electron chi connectivity index (χ4n) is 3.05. The molecule has 0 amide bonds. The number of para-hydroxylation sites is 1. The molecule has 142 valence electrons. The van der Waals surface area contributed by atoms with Gasteiger partial charge in [-0.1, -0.05) is 32.0 Å². The molecule has 2 aromatic rings. The number of nitrogens with zero attached hydrogens (tertiary/aromatic N) is 3. The Labute approximate surface area is 155 Å². The van der Waals surface area contributed by atoms with Crippen LogP contribution in [0.3, 0.4) is 0 Å². The summed E-state index contributed by atoms with van der Waals surface area (Å²) in [7, 11) is 0. The molecule has 0 saturated carbocycles. The van der Waals surface area contributed by atoms with Crippen LogP contribution in [-0.4, -0.2) is 65.3 Å². The van der Waals surface area contributed by atoms with Crippen molar-refractivity contribution < 1.29 is 14.3 Å². The highest BCUT2D eigenvalue weighted by atomic mass is 16.5. The second-order valence-electron chi connectivity index (χ2n) is 7.17. The molecular weight excluding hydrogens is 330 g/mol. The van der Waals surface area contributed by atoms with Crippen molar-refractivity contribution in [2.24, 2.45) is 0 Å². The molecule has 0 aliphatic carbocycles. The first kappa shape index (κ1) is 18.9. The average molecular weight is 359 g/mol. The van der Waals surface area contributed by atoms with Crippen LogP contribution in [0, 0.1) is 0 Å². The van der Waals surface area contributed by atoms with E-state index in [0.717, 1.165) is 50.1 Å². The van der Waals surface area contributed by atoms with E-state index in [-0.39, 0.29) is 0 Å². The van der Waals surface area contributed by atoms with E-state index in [4.69, 9.17) is 9.15 Å². The van der Waals surface area contributed by atoms with E-state index < -0.39 is 6.10 Å². The zero-order valence-corrected chi connectivity index (χ0v) is 15.7. The highest BCUT2D eigenvalue weighted by Crippen LogP contribution is 2.17. The lowest BCUT2D eigenvalue weighted by atomic mass is 10.2. The van der Waals surface area contributed by atoms with Crippen molar-refractivity contribution in [3.8, 4) is 5.75 Å². The van der Waals surface area contributed by atoms with E-state index in [1.165, 1.54) is 0 Å². The smallest absolute Gasteiger partial charge is 0.208 e. The van der Waals surface area contributed by atoms with E-state index in [1.807, 2.05) is 36.5 Å². The number of aromatic nitrogens is 1. The van der Waals surface area contributed by atoms with Crippen LogP contribution in [-0.2, 0) is 6.54 Å². The molecule has 1 aliphatic rings. The zero-order valence-electron chi connectivity index (χ0n) is 15.7. The van der Waals surface area contributed by atoms with Gasteiger partial charge in [-0.25, -0.2) is 4.98 Å². The van der Waals surface area contributed by atoms with Gasteiger partial charge in [0.15, 0.2) is 0 Å². The van der Waals surface area contributed by atoms with Crippen LogP contribution in [0.25, 0.3) is 0 Å². The number of oxazole rings is 1. The Kier molecular flexibility index (Phi) is 6.66. The van der Waals surface area contributed by atoms with Crippen molar-refractivity contribution in [1.29, 1.82) is 0 Å². The SMILES string of the molecule is CC(C)c1cnc(CN2CCN(CC(O)COc3ccccc3)CC2)o1. The van der Waals surface area contributed by atoms with Gasteiger partial charge in [-0.15, -0.1) is 0 Å². The highest BCUT2D eigenvalue weighted by molar-refractivity contribution is 5.20. The number of benzene rings is 1. The summed E-state index contributed by atoms with van der Waals surface area (Å²) in [6.45, 7) is 9.68. The van der Waals surface area contributed by atoms with Gasteiger partial charge in [0.25, 0.3) is 0 Å². The van der Waals surface area contributed by atoms with Crippen molar-refractivity contribution in [2.45, 2.75) is 32.4 Å². The summed E-state index contributed by atoms with van der Waals surface area (Å²) in [4.78, 5) is 9.00. The Hall–Kier alpha value is -1.89. The Morgan fingerprint density at radius 1 is 1.12 bits per heavy atom. The van der Waals surface area contributed by atoms with Crippen molar-refractivity contribution >= 4 is 0 Å². The maximum atomic E-state index is 10.2. The van der Waals surface area contributed by atoms with Gasteiger partial charge in [0.05, 0.1) is 12.7 Å². The third kappa shape index (κ3) is 5.56. The minimum absolute atomic E-state index is 0.318. The molecule has 0 bridgehead atoms. The first-order valence-electron chi connectivity index (χ1n) is 9.35. The van der Waals surface area contributed by atoms with Gasteiger partial charge in [0.1, 0.15) is 24.2 Å². The van der Waals surface area contributed by atoms with Crippen LogP contribution in [0.15, 0.2) is 40.9 Å². The molecule has 6 nitrogen and oxygen atoms in total. The number of β-amino-alcohol motifs (C(OH)–C–C–N with tert-alkyl or cyclic N) is 1. The van der Waals surface area contributed by atoms with Gasteiger partial charge >= 0.3 is 0 Å². The summed E-state index contributed by atoms with van der Waals surface area (Å²) in [6.07, 6.45) is 1.35. The lowest BCUT2D eigenvalue weighted by molar-refractivity contribution is 0.0429. The zero-order chi connectivity index (χ0) is 18.4. The lowest BCUT2D eigenvalue weighted by Gasteiger charge is -2.34. The van der Waals surface area contributed by atoms with Crippen molar-refractivity contribution in [3.05, 3.63) is 48.2 Å². The van der Waals surface area contributed by atoms with Crippen LogP contribution in [0.5, 0.6) is 5.75 Å². The van der Waals surface area contributed by atoms with E-state index >= 15 is 0 Å². The summed E-state index contributed by atoms with van der Waals surface area (Å²) in [6, 6.07) is 9.61. The van der Waals surface area contributed by atoms with Crippen LogP contribution in [0.4, 0.5) is 0 Å². The molecule has 1 aliphatic heterocycles. The average Bonchev–Trinajstić information content (AvgIpc) is 3.11. The first-order chi connectivity index (χ1) is 12.6. The van der Waals surface area contributed by atoms with Gasteiger partial charge in [0.2, 0.25) is 5.89 Å². The van der Waals surface area contributed by atoms with E-state index in [1.54, 1.807) is 0 Å². The van der Waals surface area contributed by atoms with Gasteiger partial charge in [-0.3, -0.25) is 9.80 Å². The standard InChI is InChI=1S/C20H29N3O3/c1-16(2)19-12-21-20(26-19)14-23-10-8-22(9-11-23)13-17(24)15-25-18-6-4-3-5-7-18/h3-7,12,16-17,24H,8-11,13-15H2,1-2H3. The fourth-order valence-corrected chi connectivity index (χ4v) is 3.05. The number of aliphatic hydroxyl groups is 1. The quantitative estimate of drug-likeness (QED) is 0.781. The van der Waals surface area contributed by atoms with Crippen LogP contribution in [0.1, 0.15) is 31.4 Å². The molecule has 1 saturated heterocycles. The number of hydrogen-bond donors (Lipinski definition) is 1. The first-order valence-corrected chi connectivity index (χ1v) is 9.35. The predicted octanol–water partition coefficient (Wildman–Crippen LogP) is 2.36. The number of hydrogen-bond acceptors (Lipinski definition) is 6. The van der Waals surface area contributed by atoms with Crippen LogP contribution in [0.2, 0.25) is 0 Å². The van der Waals surface area contributed by atoms with Crippen molar-refractivity contribution in [1.82, 2.24) is 14.8 Å². The van der Waals surface area contributed by atoms with Gasteiger partial charge in [-0.2, -0.15) is 0 Å². The molecular formula is C20H29N3O3. The number of piperazine rings is 1. The molecule has 1 aromatic carbocycles. The van der Waals surface area contributed by atoms with Gasteiger partial charge < -0.3 is 14.3 Å².